The molecule has 0 atom stereocenters. The average Bonchev–Trinajstić information content (AvgIpc) is 2.26. The molecule has 1 rings (SSSR count). The highest BCUT2D eigenvalue weighted by Gasteiger charge is 2.29. The summed E-state index contributed by atoms with van der Waals surface area (Å²) in [5.41, 5.74) is -2.79. The summed E-state index contributed by atoms with van der Waals surface area (Å²) in [6, 6.07) is 1.71. The van der Waals surface area contributed by atoms with Crippen molar-refractivity contribution in [2.45, 2.75) is 6.43 Å². The number of pyridine rings is 1. The van der Waals surface area contributed by atoms with E-state index in [4.69, 9.17) is 10.4 Å². The number of carboxylic acid groups (broad SMARTS) is 1. The van der Waals surface area contributed by atoms with Crippen LogP contribution in [0.3, 0.4) is 0 Å². The fourth-order valence-electron chi connectivity index (χ4n) is 1.07. The van der Waals surface area contributed by atoms with Gasteiger partial charge in [-0.1, -0.05) is 0 Å². The zero-order valence-corrected chi connectivity index (χ0v) is 7.92. The third-order valence-electron chi connectivity index (χ3n) is 1.76. The van der Waals surface area contributed by atoms with Crippen LogP contribution in [-0.4, -0.2) is 21.0 Å². The minimum atomic E-state index is -3.17. The van der Waals surface area contributed by atoms with Crippen LogP contribution in [0.5, 0.6) is 0 Å². The molecule has 1 aromatic heterocycles. The predicted octanol–water partition coefficient (Wildman–Crippen LogP) is 1.50. The highest BCUT2D eigenvalue weighted by molar-refractivity contribution is 5.91. The third kappa shape index (κ3) is 2.31. The molecule has 0 fully saturated rings. The number of halogens is 2. The first-order chi connectivity index (χ1) is 7.88. The summed E-state index contributed by atoms with van der Waals surface area (Å²) in [7, 11) is 0. The maximum atomic E-state index is 12.3. The van der Waals surface area contributed by atoms with E-state index < -0.39 is 40.0 Å². The van der Waals surface area contributed by atoms with Crippen molar-refractivity contribution in [3.05, 3.63) is 33.0 Å². The second-order valence-electron chi connectivity index (χ2n) is 2.77. The molecular weight excluding hydrogens is 240 g/mol. The molecule has 0 spiro atoms. The van der Waals surface area contributed by atoms with E-state index in [1.165, 1.54) is 6.07 Å². The lowest BCUT2D eigenvalue weighted by Gasteiger charge is -2.01. The zero-order valence-electron chi connectivity index (χ0n) is 7.92. The molecule has 0 aromatic carbocycles. The van der Waals surface area contributed by atoms with Crippen LogP contribution < -0.4 is 0 Å². The summed E-state index contributed by atoms with van der Waals surface area (Å²) < 4.78 is 24.7. The first-order valence-corrected chi connectivity index (χ1v) is 3.99. The fraction of sp³-hybridized carbons (Fsp3) is 0.125. The molecule has 1 N–H and O–H groups in total. The Morgan fingerprint density at radius 2 is 2.24 bits per heavy atom. The molecule has 7 nitrogen and oxygen atoms in total. The molecule has 17 heavy (non-hydrogen) atoms. The SMILES string of the molecule is N#Cc1c(C(=O)O)cc(C(F)F)nc1[N+](=O)[O-]. The number of carboxylic acids is 1. The molecule has 0 radical (unpaired) electrons. The summed E-state index contributed by atoms with van der Waals surface area (Å²) >= 11 is 0. The normalized spacial score (nSPS) is 10.0. The number of nitriles is 1. The first kappa shape index (κ1) is 12.4. The maximum Gasteiger partial charge on any atom is 0.382 e. The van der Waals surface area contributed by atoms with Gasteiger partial charge in [0, 0.05) is 6.07 Å². The Bertz CT molecular complexity index is 503. The Hall–Kier alpha value is -2.63. The smallest absolute Gasteiger partial charge is 0.382 e. The molecule has 0 unspecified atom stereocenters. The molecule has 0 aliphatic heterocycles. The summed E-state index contributed by atoms with van der Waals surface area (Å²) in [6.07, 6.45) is -3.17. The van der Waals surface area contributed by atoms with Crippen LogP contribution in [0.15, 0.2) is 6.07 Å². The molecule has 88 valence electrons. The van der Waals surface area contributed by atoms with Gasteiger partial charge in [-0.25, -0.2) is 13.6 Å². The van der Waals surface area contributed by atoms with Gasteiger partial charge in [0.1, 0.15) is 6.07 Å². The van der Waals surface area contributed by atoms with E-state index in [1.807, 2.05) is 0 Å². The number of aromatic nitrogens is 1. The van der Waals surface area contributed by atoms with Gasteiger partial charge >= 0.3 is 18.2 Å². The highest BCUT2D eigenvalue weighted by atomic mass is 19.3. The lowest BCUT2D eigenvalue weighted by atomic mass is 10.1. The number of nitrogens with zero attached hydrogens (tertiary/aromatic N) is 3. The minimum absolute atomic E-state index is 0.443. The largest absolute Gasteiger partial charge is 0.478 e. The van der Waals surface area contributed by atoms with Crippen LogP contribution in [0.1, 0.15) is 28.0 Å². The van der Waals surface area contributed by atoms with Crippen molar-refractivity contribution in [1.82, 2.24) is 4.98 Å². The van der Waals surface area contributed by atoms with Crippen LogP contribution in [0.4, 0.5) is 14.6 Å². The Morgan fingerprint density at radius 1 is 1.65 bits per heavy atom. The van der Waals surface area contributed by atoms with E-state index in [1.54, 1.807) is 0 Å². The summed E-state index contributed by atoms with van der Waals surface area (Å²) in [4.78, 5) is 22.9. The lowest BCUT2D eigenvalue weighted by Crippen LogP contribution is -2.08. The monoisotopic (exact) mass is 243 g/mol. The zero-order chi connectivity index (χ0) is 13.2. The van der Waals surface area contributed by atoms with Crippen molar-refractivity contribution in [3.8, 4) is 6.07 Å². The van der Waals surface area contributed by atoms with Crippen molar-refractivity contribution in [1.29, 1.82) is 5.26 Å². The van der Waals surface area contributed by atoms with Gasteiger partial charge in [0.15, 0.2) is 5.56 Å². The molecule has 0 aliphatic carbocycles. The van der Waals surface area contributed by atoms with Gasteiger partial charge in [-0.15, -0.1) is 0 Å². The van der Waals surface area contributed by atoms with Gasteiger partial charge in [-0.3, -0.25) is 0 Å². The van der Waals surface area contributed by atoms with Gasteiger partial charge in [-0.05, 0) is 9.91 Å². The molecular formula is C8H3F2N3O4. The van der Waals surface area contributed by atoms with Crippen molar-refractivity contribution in [2.24, 2.45) is 0 Å². The molecule has 0 saturated heterocycles. The second kappa shape index (κ2) is 4.48. The molecule has 0 aliphatic rings. The second-order valence-corrected chi connectivity index (χ2v) is 2.77. The van der Waals surface area contributed by atoms with Crippen molar-refractivity contribution in [3.63, 3.8) is 0 Å². The lowest BCUT2D eigenvalue weighted by molar-refractivity contribution is -0.390. The Labute approximate surface area is 92.1 Å². The van der Waals surface area contributed by atoms with Crippen molar-refractivity contribution < 1.29 is 23.6 Å². The number of alkyl halides is 2. The maximum absolute atomic E-state index is 12.3. The Kier molecular flexibility index (Phi) is 3.28. The number of rotatable bonds is 3. The molecule has 0 amide bonds. The van der Waals surface area contributed by atoms with E-state index in [0.29, 0.717) is 6.07 Å². The molecule has 1 heterocycles. The van der Waals surface area contributed by atoms with Gasteiger partial charge in [0.2, 0.25) is 5.69 Å². The van der Waals surface area contributed by atoms with Crippen LogP contribution in [0.2, 0.25) is 0 Å². The number of hydrogen-bond donors (Lipinski definition) is 1. The fourth-order valence-corrected chi connectivity index (χ4v) is 1.07. The van der Waals surface area contributed by atoms with Gasteiger partial charge < -0.3 is 15.2 Å². The van der Waals surface area contributed by atoms with Crippen LogP contribution in [-0.2, 0) is 0 Å². The third-order valence-corrected chi connectivity index (χ3v) is 1.76. The predicted molar refractivity (Wildman–Crippen MR) is 47.5 cm³/mol. The van der Waals surface area contributed by atoms with Crippen LogP contribution in [0.25, 0.3) is 0 Å². The number of aromatic carboxylic acids is 1. The van der Waals surface area contributed by atoms with E-state index in [9.17, 15) is 23.7 Å². The van der Waals surface area contributed by atoms with Crippen LogP contribution >= 0.6 is 0 Å². The molecule has 1 aromatic rings. The minimum Gasteiger partial charge on any atom is -0.478 e. The Morgan fingerprint density at radius 3 is 2.59 bits per heavy atom. The number of carbonyl (C=O) groups is 1. The molecule has 9 heteroatoms. The molecule has 0 saturated carbocycles. The van der Waals surface area contributed by atoms with E-state index in [2.05, 4.69) is 4.98 Å². The van der Waals surface area contributed by atoms with Gasteiger partial charge in [-0.2, -0.15) is 5.26 Å². The average molecular weight is 243 g/mol. The van der Waals surface area contributed by atoms with E-state index >= 15 is 0 Å². The van der Waals surface area contributed by atoms with Crippen LogP contribution in [0, 0.1) is 21.4 Å². The first-order valence-electron chi connectivity index (χ1n) is 3.99. The van der Waals surface area contributed by atoms with Crippen molar-refractivity contribution in [2.75, 3.05) is 0 Å². The standard InChI is InChI=1S/C8H3F2N3O4/c9-6(10)5-1-3(8(14)15)4(2-11)7(12-5)13(16)17/h1,6H,(H,14,15). The number of hydrogen-bond acceptors (Lipinski definition) is 5. The topological polar surface area (TPSA) is 117 Å². The van der Waals surface area contributed by atoms with Gasteiger partial charge in [0.05, 0.1) is 5.56 Å². The molecule has 0 bridgehead atoms. The highest BCUT2D eigenvalue weighted by Crippen LogP contribution is 2.25. The van der Waals surface area contributed by atoms with E-state index in [0.717, 1.165) is 0 Å². The van der Waals surface area contributed by atoms with E-state index in [-0.39, 0.29) is 0 Å². The number of nitro groups is 1. The Balaban J connectivity index is 3.65. The van der Waals surface area contributed by atoms with Gasteiger partial charge in [0.25, 0.3) is 0 Å². The summed E-state index contributed by atoms with van der Waals surface area (Å²) in [5, 5.41) is 27.7. The summed E-state index contributed by atoms with van der Waals surface area (Å²) in [6.45, 7) is 0. The quantitative estimate of drug-likeness (QED) is 0.634. The van der Waals surface area contributed by atoms with Crippen molar-refractivity contribution >= 4 is 11.8 Å². The summed E-state index contributed by atoms with van der Waals surface area (Å²) in [5.74, 6) is -2.91.